The zero-order valence-electron chi connectivity index (χ0n) is 19.3. The molecular formula is C27H23Cl3F2N2OS. The molecule has 1 aliphatic rings. The summed E-state index contributed by atoms with van der Waals surface area (Å²) in [5, 5.41) is 11.7. The standard InChI is InChI=1S/C27H23Cl3F2N2OS/c1-27(19-6-8-21(28)23(30)12-19)10-3-2-4-24(32)17(15-35)9-11-34-25(27)14-33-26(34)36-16-18-5-7-20(31)13-22(18)29/h2-9,12-14,35H,10-11,15-16H2,1H3. The summed E-state index contributed by atoms with van der Waals surface area (Å²) in [6.45, 7) is 1.92. The molecule has 9 heteroatoms. The van der Waals surface area contributed by atoms with E-state index in [1.54, 1.807) is 30.5 Å². The van der Waals surface area contributed by atoms with E-state index >= 15 is 0 Å². The molecule has 1 aliphatic heterocycles. The molecule has 1 N–H and O–H groups in total. The third-order valence-electron chi connectivity index (χ3n) is 6.22. The lowest BCUT2D eigenvalue weighted by Crippen LogP contribution is -2.27. The molecule has 0 bridgehead atoms. The number of thioether (sulfide) groups is 1. The molecule has 0 amide bonds. The first-order valence-corrected chi connectivity index (χ1v) is 13.3. The molecule has 0 saturated carbocycles. The van der Waals surface area contributed by atoms with Gasteiger partial charge in [0.2, 0.25) is 0 Å². The molecule has 4 rings (SSSR count). The van der Waals surface area contributed by atoms with E-state index < -0.39 is 23.7 Å². The first kappa shape index (κ1) is 27.0. The van der Waals surface area contributed by atoms with E-state index in [1.165, 1.54) is 30.0 Å². The van der Waals surface area contributed by atoms with Crippen molar-refractivity contribution in [1.82, 2.24) is 9.55 Å². The average Bonchev–Trinajstić information content (AvgIpc) is 3.25. The summed E-state index contributed by atoms with van der Waals surface area (Å²) in [6, 6.07) is 9.82. The number of aliphatic hydroxyl groups is 1. The van der Waals surface area contributed by atoms with Crippen molar-refractivity contribution in [3.8, 4) is 0 Å². The number of rotatable bonds is 5. The molecule has 36 heavy (non-hydrogen) atoms. The molecule has 1 aromatic heterocycles. The van der Waals surface area contributed by atoms with Gasteiger partial charge >= 0.3 is 0 Å². The molecule has 0 aliphatic carbocycles. The second-order valence-corrected chi connectivity index (χ2v) is 10.7. The largest absolute Gasteiger partial charge is 0.392 e. The number of halogens is 5. The molecule has 3 nitrogen and oxygen atoms in total. The van der Waals surface area contributed by atoms with Crippen LogP contribution in [0.15, 0.2) is 83.5 Å². The van der Waals surface area contributed by atoms with Crippen LogP contribution in [0.5, 0.6) is 0 Å². The molecule has 0 radical (unpaired) electrons. The Kier molecular flexibility index (Phi) is 8.63. The molecule has 2 aromatic carbocycles. The summed E-state index contributed by atoms with van der Waals surface area (Å²) >= 11 is 20.2. The molecule has 0 fully saturated rings. The van der Waals surface area contributed by atoms with Gasteiger partial charge in [0, 0.05) is 34.0 Å². The maximum absolute atomic E-state index is 14.7. The van der Waals surface area contributed by atoms with E-state index in [1.807, 2.05) is 22.8 Å². The van der Waals surface area contributed by atoms with Gasteiger partial charge in [-0.2, -0.15) is 0 Å². The number of aliphatic hydroxyl groups excluding tert-OH is 1. The number of nitrogens with zero attached hydrogens (tertiary/aromatic N) is 2. The van der Waals surface area contributed by atoms with Gasteiger partial charge in [0.05, 0.1) is 22.8 Å². The van der Waals surface area contributed by atoms with Crippen LogP contribution in [0.1, 0.15) is 30.2 Å². The predicted octanol–water partition coefficient (Wildman–Crippen LogP) is 8.31. The highest BCUT2D eigenvalue weighted by Gasteiger charge is 2.33. The molecule has 3 aromatic rings. The van der Waals surface area contributed by atoms with Crippen molar-refractivity contribution in [2.75, 3.05) is 6.61 Å². The third-order valence-corrected chi connectivity index (χ3v) is 8.35. The summed E-state index contributed by atoms with van der Waals surface area (Å²) in [7, 11) is 0. The number of benzene rings is 2. The minimum absolute atomic E-state index is 0.190. The Balaban J connectivity index is 1.82. The van der Waals surface area contributed by atoms with Crippen molar-refractivity contribution >= 4 is 46.6 Å². The van der Waals surface area contributed by atoms with E-state index in [2.05, 4.69) is 11.9 Å². The molecular weight excluding hydrogens is 545 g/mol. The fourth-order valence-corrected chi connectivity index (χ4v) is 5.69. The van der Waals surface area contributed by atoms with Crippen molar-refractivity contribution in [3.63, 3.8) is 0 Å². The summed E-state index contributed by atoms with van der Waals surface area (Å²) in [6.07, 6.45) is 8.86. The SMILES string of the molecule is CC1(c2ccc(Cl)c(Cl)c2)CC=CC=C(F)C(CO)=CCn2c1cnc2SCc1ccc(F)cc1Cl. The summed E-state index contributed by atoms with van der Waals surface area (Å²) in [4.78, 5) is 4.68. The molecule has 2 heterocycles. The first-order chi connectivity index (χ1) is 17.2. The number of allylic oxidation sites excluding steroid dienone is 4. The average molecular weight is 568 g/mol. The van der Waals surface area contributed by atoms with Gasteiger partial charge in [0.25, 0.3) is 0 Å². The monoisotopic (exact) mass is 566 g/mol. The van der Waals surface area contributed by atoms with Gasteiger partial charge in [-0.3, -0.25) is 0 Å². The number of hydrogen-bond acceptors (Lipinski definition) is 3. The first-order valence-electron chi connectivity index (χ1n) is 11.1. The molecule has 0 spiro atoms. The zero-order chi connectivity index (χ0) is 25.9. The second kappa shape index (κ2) is 11.5. The van der Waals surface area contributed by atoms with Crippen LogP contribution >= 0.6 is 46.6 Å². The van der Waals surface area contributed by atoms with Crippen molar-refractivity contribution in [3.05, 3.63) is 116 Å². The lowest BCUT2D eigenvalue weighted by Gasteiger charge is -2.31. The number of imidazole rings is 1. The Morgan fingerprint density at radius 2 is 1.89 bits per heavy atom. The highest BCUT2D eigenvalue weighted by molar-refractivity contribution is 7.98. The van der Waals surface area contributed by atoms with E-state index in [0.717, 1.165) is 16.8 Å². The van der Waals surface area contributed by atoms with Crippen LogP contribution in [0.4, 0.5) is 8.78 Å². The second-order valence-electron chi connectivity index (χ2n) is 8.56. The van der Waals surface area contributed by atoms with Crippen LogP contribution in [-0.4, -0.2) is 21.3 Å². The zero-order valence-corrected chi connectivity index (χ0v) is 22.4. The van der Waals surface area contributed by atoms with Gasteiger partial charge in [-0.05, 0) is 54.8 Å². The molecule has 188 valence electrons. The summed E-state index contributed by atoms with van der Waals surface area (Å²) in [5.74, 6) is -0.435. The van der Waals surface area contributed by atoms with Crippen molar-refractivity contribution in [2.45, 2.75) is 36.2 Å². The Labute approximate surface area is 228 Å². The van der Waals surface area contributed by atoms with E-state index in [0.29, 0.717) is 32.4 Å². The smallest absolute Gasteiger partial charge is 0.168 e. The fraction of sp³-hybridized carbons (Fsp3) is 0.222. The molecule has 0 saturated heterocycles. The Morgan fingerprint density at radius 1 is 1.08 bits per heavy atom. The van der Waals surface area contributed by atoms with Crippen molar-refractivity contribution in [2.24, 2.45) is 0 Å². The molecule has 1 atom stereocenters. The van der Waals surface area contributed by atoms with E-state index in [4.69, 9.17) is 34.8 Å². The highest BCUT2D eigenvalue weighted by atomic mass is 35.5. The predicted molar refractivity (Wildman–Crippen MR) is 144 cm³/mol. The minimum Gasteiger partial charge on any atom is -0.392 e. The maximum atomic E-state index is 14.7. The van der Waals surface area contributed by atoms with Crippen LogP contribution in [0.25, 0.3) is 0 Å². The Morgan fingerprint density at radius 3 is 2.61 bits per heavy atom. The van der Waals surface area contributed by atoms with Crippen LogP contribution in [0.3, 0.4) is 0 Å². The van der Waals surface area contributed by atoms with Gasteiger partial charge in [-0.15, -0.1) is 0 Å². The van der Waals surface area contributed by atoms with Gasteiger partial charge in [-0.25, -0.2) is 13.8 Å². The number of fused-ring (bicyclic) bond motifs is 1. The van der Waals surface area contributed by atoms with Crippen molar-refractivity contribution in [1.29, 1.82) is 0 Å². The van der Waals surface area contributed by atoms with Crippen molar-refractivity contribution < 1.29 is 13.9 Å². The van der Waals surface area contributed by atoms with Gasteiger partial charge in [-0.1, -0.05) is 76.9 Å². The normalized spacial score (nSPS) is 18.3. The summed E-state index contributed by atoms with van der Waals surface area (Å²) in [5.41, 5.74) is 2.19. The third kappa shape index (κ3) is 5.74. The van der Waals surface area contributed by atoms with E-state index in [9.17, 15) is 13.9 Å². The molecule has 1 unspecified atom stereocenters. The van der Waals surface area contributed by atoms with Crippen LogP contribution < -0.4 is 0 Å². The van der Waals surface area contributed by atoms with Gasteiger partial charge in [0.1, 0.15) is 11.6 Å². The fourth-order valence-electron chi connectivity index (χ4n) is 4.08. The number of aromatic nitrogens is 2. The quantitative estimate of drug-likeness (QED) is 0.315. The van der Waals surface area contributed by atoms with Gasteiger partial charge < -0.3 is 9.67 Å². The van der Waals surface area contributed by atoms with E-state index in [-0.39, 0.29) is 12.1 Å². The maximum Gasteiger partial charge on any atom is 0.168 e. The lowest BCUT2D eigenvalue weighted by atomic mass is 9.76. The number of hydrogen-bond donors (Lipinski definition) is 1. The topological polar surface area (TPSA) is 38.0 Å². The Bertz CT molecular complexity index is 1370. The van der Waals surface area contributed by atoms with Gasteiger partial charge in [0.15, 0.2) is 5.16 Å². The minimum atomic E-state index is -0.577. The highest BCUT2D eigenvalue weighted by Crippen LogP contribution is 2.40. The van der Waals surface area contributed by atoms with Crippen LogP contribution in [0, 0.1) is 5.82 Å². The van der Waals surface area contributed by atoms with Crippen LogP contribution in [0.2, 0.25) is 15.1 Å². The lowest BCUT2D eigenvalue weighted by molar-refractivity contribution is 0.327. The Hall–Kier alpha value is -2.09. The van der Waals surface area contributed by atoms with Crippen LogP contribution in [-0.2, 0) is 17.7 Å². The summed E-state index contributed by atoms with van der Waals surface area (Å²) < 4.78 is 30.1.